The third-order valence-electron chi connectivity index (χ3n) is 5.56. The minimum absolute atomic E-state index is 0.128. The van der Waals surface area contributed by atoms with E-state index >= 15 is 0 Å². The molecule has 0 bridgehead atoms. The quantitative estimate of drug-likeness (QED) is 0.595. The average Bonchev–Trinajstić information content (AvgIpc) is 3.37. The summed E-state index contributed by atoms with van der Waals surface area (Å²) < 4.78 is 27.3. The molecule has 1 amide bonds. The van der Waals surface area contributed by atoms with E-state index in [1.165, 1.54) is 10.9 Å². The number of anilines is 1. The van der Waals surface area contributed by atoms with Gasteiger partial charge in [-0.25, -0.2) is 23.4 Å². The van der Waals surface area contributed by atoms with Gasteiger partial charge in [-0.2, -0.15) is 0 Å². The molecular weight excluding hydrogens is 412 g/mol. The molecule has 0 aliphatic heterocycles. The maximum atomic E-state index is 12.9. The fourth-order valence-electron chi connectivity index (χ4n) is 3.87. The van der Waals surface area contributed by atoms with Gasteiger partial charge in [-0.05, 0) is 37.5 Å². The molecule has 1 aromatic carbocycles. The molecule has 6 nitrogen and oxygen atoms in total. The maximum Gasteiger partial charge on any atom is 0.299 e. The lowest BCUT2D eigenvalue weighted by Gasteiger charge is -2.18. The van der Waals surface area contributed by atoms with Crippen molar-refractivity contribution in [1.29, 1.82) is 0 Å². The predicted molar refractivity (Wildman–Crippen MR) is 108 cm³/mol. The average molecular weight is 432 g/mol. The molecule has 9 heteroatoms. The van der Waals surface area contributed by atoms with Crippen LogP contribution in [0, 0.1) is 12.8 Å². The van der Waals surface area contributed by atoms with Crippen LogP contribution in [0.5, 0.6) is 0 Å². The third kappa shape index (κ3) is 4.05. The molecule has 0 saturated heterocycles. The normalized spacial score (nSPS) is 20.4. The van der Waals surface area contributed by atoms with E-state index in [1.54, 1.807) is 19.1 Å². The number of pyridine rings is 1. The van der Waals surface area contributed by atoms with Crippen LogP contribution in [0.1, 0.15) is 36.5 Å². The summed E-state index contributed by atoms with van der Waals surface area (Å²) in [5.41, 5.74) is 0.655. The van der Waals surface area contributed by atoms with Gasteiger partial charge in [0, 0.05) is 24.1 Å². The zero-order valence-electron chi connectivity index (χ0n) is 16.2. The number of carbonyl (C=O) groups is 1. The first-order valence-electron chi connectivity index (χ1n) is 9.56. The Balaban J connectivity index is 1.53. The molecule has 30 heavy (non-hydrogen) atoms. The Labute approximate surface area is 177 Å². The molecule has 1 fully saturated rings. The number of aryl methyl sites for hydroxylation is 2. The smallest absolute Gasteiger partial charge is 0.299 e. The lowest BCUT2D eigenvalue weighted by Crippen LogP contribution is -2.23. The van der Waals surface area contributed by atoms with Gasteiger partial charge in [-0.3, -0.25) is 4.79 Å². The highest BCUT2D eigenvalue weighted by Gasteiger charge is 2.58. The number of alkyl halides is 2. The minimum Gasteiger partial charge on any atom is -0.310 e. The molecule has 1 N–H and O–H groups in total. The van der Waals surface area contributed by atoms with Crippen LogP contribution in [-0.4, -0.2) is 25.7 Å². The summed E-state index contributed by atoms with van der Waals surface area (Å²) in [4.78, 5) is 20.8. The molecule has 2 atom stereocenters. The number of hydrogen-bond donors (Lipinski definition) is 1. The number of nitrogens with one attached hydrogen (secondary N) is 1. The predicted octanol–water partition coefficient (Wildman–Crippen LogP) is 4.56. The zero-order chi connectivity index (χ0) is 21.3. The number of aromatic nitrogens is 4. The molecule has 0 spiro atoms. The molecular formula is C21H20ClF2N5O. The second-order valence-electron chi connectivity index (χ2n) is 7.42. The Kier molecular flexibility index (Phi) is 5.51. The first kappa shape index (κ1) is 20.4. The molecule has 2 heterocycles. The lowest BCUT2D eigenvalue weighted by atomic mass is 9.89. The van der Waals surface area contributed by atoms with Gasteiger partial charge in [0.15, 0.2) is 0 Å². The van der Waals surface area contributed by atoms with Crippen molar-refractivity contribution in [1.82, 2.24) is 19.7 Å². The highest BCUT2D eigenvalue weighted by Crippen LogP contribution is 2.57. The molecule has 1 aliphatic carbocycles. The lowest BCUT2D eigenvalue weighted by molar-refractivity contribution is -0.117. The number of benzene rings is 1. The van der Waals surface area contributed by atoms with Crippen molar-refractivity contribution in [2.45, 2.75) is 38.2 Å². The standard InChI is InChI=1S/C21H20ClF2N5O/c1-13-26-19(18(23)24)28-29(13)10-9-21(14-5-3-2-4-6-14)11-16(21)20(30)27-17-8-7-15(22)12-25-17/h2-8,12,16,18H,9-11H2,1H3,(H,25,27,30)/t16-,21-/m0/s1. The summed E-state index contributed by atoms with van der Waals surface area (Å²) in [6, 6.07) is 13.1. The van der Waals surface area contributed by atoms with Crippen molar-refractivity contribution in [2.75, 3.05) is 5.32 Å². The summed E-state index contributed by atoms with van der Waals surface area (Å²) in [5.74, 6) is 0.0145. The molecule has 3 aromatic rings. The van der Waals surface area contributed by atoms with Crippen LogP contribution < -0.4 is 5.32 Å². The van der Waals surface area contributed by atoms with E-state index in [0.29, 0.717) is 36.1 Å². The monoisotopic (exact) mass is 431 g/mol. The van der Waals surface area contributed by atoms with Crippen LogP contribution in [0.4, 0.5) is 14.6 Å². The van der Waals surface area contributed by atoms with Crippen LogP contribution in [0.2, 0.25) is 5.02 Å². The Hall–Kier alpha value is -2.87. The van der Waals surface area contributed by atoms with Crippen LogP contribution in [0.25, 0.3) is 0 Å². The number of hydrogen-bond acceptors (Lipinski definition) is 4. The van der Waals surface area contributed by atoms with Crippen molar-refractivity contribution in [3.8, 4) is 0 Å². The van der Waals surface area contributed by atoms with E-state index in [9.17, 15) is 13.6 Å². The summed E-state index contributed by atoms with van der Waals surface area (Å²) >= 11 is 5.85. The molecule has 156 valence electrons. The van der Waals surface area contributed by atoms with E-state index in [2.05, 4.69) is 20.4 Å². The summed E-state index contributed by atoms with van der Waals surface area (Å²) in [7, 11) is 0. The highest BCUT2D eigenvalue weighted by molar-refractivity contribution is 6.30. The van der Waals surface area contributed by atoms with E-state index in [-0.39, 0.29) is 17.2 Å². The van der Waals surface area contributed by atoms with Gasteiger partial charge in [-0.1, -0.05) is 41.9 Å². The third-order valence-corrected chi connectivity index (χ3v) is 5.78. The van der Waals surface area contributed by atoms with Crippen LogP contribution >= 0.6 is 11.6 Å². The Bertz CT molecular complexity index is 1040. The Morgan fingerprint density at radius 2 is 2.07 bits per heavy atom. The summed E-state index contributed by atoms with van der Waals surface area (Å²) in [6.45, 7) is 2.04. The number of halogens is 3. The summed E-state index contributed by atoms with van der Waals surface area (Å²) in [5, 5.41) is 7.24. The number of carbonyl (C=O) groups excluding carboxylic acids is 1. The van der Waals surface area contributed by atoms with Crippen molar-refractivity contribution in [3.05, 3.63) is 70.9 Å². The van der Waals surface area contributed by atoms with Gasteiger partial charge in [-0.15, -0.1) is 5.10 Å². The molecule has 0 radical (unpaired) electrons. The van der Waals surface area contributed by atoms with Gasteiger partial charge in [0.1, 0.15) is 11.6 Å². The Morgan fingerprint density at radius 1 is 1.30 bits per heavy atom. The number of nitrogens with zero attached hydrogens (tertiary/aromatic N) is 4. The fraction of sp³-hybridized carbons (Fsp3) is 0.333. The van der Waals surface area contributed by atoms with Crippen LogP contribution in [0.3, 0.4) is 0 Å². The number of amides is 1. The summed E-state index contributed by atoms with van der Waals surface area (Å²) in [6.07, 6.45) is 0.00388. The van der Waals surface area contributed by atoms with Gasteiger partial charge in [0.2, 0.25) is 11.7 Å². The largest absolute Gasteiger partial charge is 0.310 e. The first-order chi connectivity index (χ1) is 14.4. The molecule has 0 unspecified atom stereocenters. The highest BCUT2D eigenvalue weighted by atomic mass is 35.5. The van der Waals surface area contributed by atoms with E-state index in [4.69, 9.17) is 11.6 Å². The van der Waals surface area contributed by atoms with Crippen molar-refractivity contribution in [2.24, 2.45) is 5.92 Å². The van der Waals surface area contributed by atoms with E-state index in [0.717, 1.165) is 5.56 Å². The maximum absolute atomic E-state index is 12.9. The fourth-order valence-corrected chi connectivity index (χ4v) is 3.99. The molecule has 1 saturated carbocycles. The van der Waals surface area contributed by atoms with Gasteiger partial charge >= 0.3 is 0 Å². The van der Waals surface area contributed by atoms with Crippen molar-refractivity contribution < 1.29 is 13.6 Å². The van der Waals surface area contributed by atoms with E-state index < -0.39 is 12.2 Å². The van der Waals surface area contributed by atoms with Crippen molar-refractivity contribution in [3.63, 3.8) is 0 Å². The molecule has 4 rings (SSSR count). The topological polar surface area (TPSA) is 72.7 Å². The zero-order valence-corrected chi connectivity index (χ0v) is 17.0. The second kappa shape index (κ2) is 8.10. The van der Waals surface area contributed by atoms with Gasteiger partial charge in [0.05, 0.1) is 5.02 Å². The first-order valence-corrected chi connectivity index (χ1v) is 9.94. The molecule has 2 aromatic heterocycles. The Morgan fingerprint density at radius 3 is 2.70 bits per heavy atom. The van der Waals surface area contributed by atoms with Gasteiger partial charge < -0.3 is 5.32 Å². The minimum atomic E-state index is -2.71. The van der Waals surface area contributed by atoms with E-state index in [1.807, 2.05) is 30.3 Å². The molecule has 1 aliphatic rings. The van der Waals surface area contributed by atoms with Crippen LogP contribution in [0.15, 0.2) is 48.7 Å². The SMILES string of the molecule is Cc1nc(C(F)F)nn1CC[C@@]1(c2ccccc2)C[C@H]1C(=O)Nc1ccc(Cl)cn1. The van der Waals surface area contributed by atoms with Gasteiger partial charge in [0.25, 0.3) is 6.43 Å². The van der Waals surface area contributed by atoms with Crippen LogP contribution in [-0.2, 0) is 16.8 Å². The second-order valence-corrected chi connectivity index (χ2v) is 7.86. The van der Waals surface area contributed by atoms with Crippen molar-refractivity contribution >= 4 is 23.3 Å². The number of rotatable bonds is 7.